The van der Waals surface area contributed by atoms with Crippen LogP contribution in [-0.2, 0) is 29.5 Å². The molecule has 0 bridgehead atoms. The molecule has 0 spiro atoms. The van der Waals surface area contributed by atoms with E-state index in [0.29, 0.717) is 49.0 Å². The molecule has 0 saturated heterocycles. The quantitative estimate of drug-likeness (QED) is 0.132. The molecule has 0 aliphatic rings. The summed E-state index contributed by atoms with van der Waals surface area (Å²) >= 11 is 0. The minimum atomic E-state index is -3.46. The molecule has 4 aromatic carbocycles. The molecule has 0 radical (unpaired) electrons. The molecular weight excluding hydrogens is 603 g/mol. The molecule has 234 valence electrons. The SMILES string of the molecule is [C-]#[N+]c1ccc(CN(Cc2ccc(Oc3ccc(F)c(OCCc4cccnc4)c3)cc2)c2cccc(NS(C)(=O)=O)c2C)cc1. The number of aromatic nitrogens is 1. The Kier molecular flexibility index (Phi) is 10.1. The summed E-state index contributed by atoms with van der Waals surface area (Å²) < 4.78 is 52.7. The Balaban J connectivity index is 1.31. The Morgan fingerprint density at radius 2 is 1.59 bits per heavy atom. The minimum Gasteiger partial charge on any atom is -0.490 e. The van der Waals surface area contributed by atoms with Gasteiger partial charge in [-0.15, -0.1) is 0 Å². The molecule has 10 heteroatoms. The van der Waals surface area contributed by atoms with Crippen molar-refractivity contribution in [2.24, 2.45) is 0 Å². The number of benzene rings is 4. The van der Waals surface area contributed by atoms with Gasteiger partial charge in [0, 0.05) is 43.7 Å². The third-order valence-electron chi connectivity index (χ3n) is 7.19. The van der Waals surface area contributed by atoms with Crippen LogP contribution in [0.4, 0.5) is 21.5 Å². The molecule has 1 aromatic heterocycles. The number of rotatable bonds is 13. The Morgan fingerprint density at radius 1 is 0.891 bits per heavy atom. The maximum Gasteiger partial charge on any atom is 0.229 e. The first-order chi connectivity index (χ1) is 22.2. The molecule has 5 aromatic rings. The number of ether oxygens (including phenoxy) is 2. The summed E-state index contributed by atoms with van der Waals surface area (Å²) in [6.07, 6.45) is 5.18. The molecule has 1 heterocycles. The van der Waals surface area contributed by atoms with Gasteiger partial charge in [-0.2, -0.15) is 0 Å². The van der Waals surface area contributed by atoms with E-state index in [-0.39, 0.29) is 5.75 Å². The number of halogens is 1. The van der Waals surface area contributed by atoms with Crippen LogP contribution < -0.4 is 19.1 Å². The van der Waals surface area contributed by atoms with Crippen LogP contribution >= 0.6 is 0 Å². The number of pyridine rings is 1. The fraction of sp³-hybridized carbons (Fsp3) is 0.167. The highest BCUT2D eigenvalue weighted by atomic mass is 32.2. The lowest BCUT2D eigenvalue weighted by molar-refractivity contribution is 0.303. The average Bonchev–Trinajstić information content (AvgIpc) is 3.04. The van der Waals surface area contributed by atoms with Crippen molar-refractivity contribution in [2.75, 3.05) is 22.5 Å². The van der Waals surface area contributed by atoms with E-state index in [1.165, 1.54) is 12.1 Å². The number of hydrogen-bond acceptors (Lipinski definition) is 6. The standard InChI is InChI=1S/C36H33FN4O4S/c1-26-34(40-46(3,42)43)7-4-8-35(26)41(24-28-9-13-30(38-2)14-10-28)25-29-11-15-31(16-12-29)45-32-17-18-33(37)36(22-32)44-21-19-27-6-5-20-39-23-27/h4-18,20,22-23,40H,19,21,24-25H2,1,3H3. The normalized spacial score (nSPS) is 11.0. The second-order valence-corrected chi connectivity index (χ2v) is 12.5. The fourth-order valence-electron chi connectivity index (χ4n) is 4.90. The summed E-state index contributed by atoms with van der Waals surface area (Å²) in [5.41, 5.74) is 5.72. The van der Waals surface area contributed by atoms with Crippen LogP contribution in [0.5, 0.6) is 17.2 Å². The number of nitrogens with one attached hydrogen (secondary N) is 1. The van der Waals surface area contributed by atoms with Crippen LogP contribution in [0.1, 0.15) is 22.3 Å². The zero-order chi connectivity index (χ0) is 32.5. The Bertz CT molecular complexity index is 1930. The van der Waals surface area contributed by atoms with Gasteiger partial charge in [-0.05, 0) is 71.6 Å². The molecule has 46 heavy (non-hydrogen) atoms. The molecule has 0 fully saturated rings. The van der Waals surface area contributed by atoms with Crippen molar-refractivity contribution in [1.82, 2.24) is 4.98 Å². The van der Waals surface area contributed by atoms with Crippen molar-refractivity contribution < 1.29 is 22.3 Å². The van der Waals surface area contributed by atoms with Crippen LogP contribution in [0.3, 0.4) is 0 Å². The third-order valence-corrected chi connectivity index (χ3v) is 7.78. The monoisotopic (exact) mass is 636 g/mol. The van der Waals surface area contributed by atoms with Crippen LogP contribution in [-0.4, -0.2) is 26.3 Å². The summed E-state index contributed by atoms with van der Waals surface area (Å²) in [5.74, 6) is 0.666. The van der Waals surface area contributed by atoms with Crippen molar-refractivity contribution >= 4 is 27.1 Å². The lowest BCUT2D eigenvalue weighted by Gasteiger charge is -2.28. The van der Waals surface area contributed by atoms with Gasteiger partial charge in [-0.3, -0.25) is 9.71 Å². The van der Waals surface area contributed by atoms with E-state index < -0.39 is 15.8 Å². The zero-order valence-electron chi connectivity index (χ0n) is 25.5. The van der Waals surface area contributed by atoms with Crippen molar-refractivity contribution in [2.45, 2.75) is 26.4 Å². The van der Waals surface area contributed by atoms with E-state index in [0.717, 1.165) is 34.2 Å². The van der Waals surface area contributed by atoms with Crippen LogP contribution in [0.2, 0.25) is 0 Å². The first-order valence-corrected chi connectivity index (χ1v) is 16.4. The van der Waals surface area contributed by atoms with Crippen molar-refractivity contribution in [3.05, 3.63) is 149 Å². The molecule has 0 unspecified atom stereocenters. The Morgan fingerprint density at radius 3 is 2.24 bits per heavy atom. The first-order valence-electron chi connectivity index (χ1n) is 14.5. The number of hydrogen-bond donors (Lipinski definition) is 1. The Labute approximate surface area is 268 Å². The summed E-state index contributed by atoms with van der Waals surface area (Å²) in [5, 5.41) is 0. The van der Waals surface area contributed by atoms with Gasteiger partial charge < -0.3 is 14.4 Å². The highest BCUT2D eigenvalue weighted by Gasteiger charge is 2.16. The fourth-order valence-corrected chi connectivity index (χ4v) is 5.52. The number of sulfonamides is 1. The van der Waals surface area contributed by atoms with Crippen molar-refractivity contribution in [3.8, 4) is 17.2 Å². The highest BCUT2D eigenvalue weighted by molar-refractivity contribution is 7.92. The molecule has 0 saturated carbocycles. The second-order valence-electron chi connectivity index (χ2n) is 10.8. The number of nitrogens with zero attached hydrogens (tertiary/aromatic N) is 3. The van der Waals surface area contributed by atoms with Gasteiger partial charge in [0.05, 0.1) is 25.1 Å². The smallest absolute Gasteiger partial charge is 0.229 e. The van der Waals surface area contributed by atoms with Crippen molar-refractivity contribution in [1.29, 1.82) is 0 Å². The molecule has 0 aliphatic carbocycles. The predicted octanol–water partition coefficient (Wildman–Crippen LogP) is 8.07. The van der Waals surface area contributed by atoms with Gasteiger partial charge in [0.1, 0.15) is 11.5 Å². The average molecular weight is 637 g/mol. The molecule has 5 rings (SSSR count). The van der Waals surface area contributed by atoms with E-state index in [4.69, 9.17) is 16.0 Å². The Hall–Kier alpha value is -5.40. The lowest BCUT2D eigenvalue weighted by atomic mass is 10.1. The minimum absolute atomic E-state index is 0.112. The van der Waals surface area contributed by atoms with E-state index in [1.54, 1.807) is 36.7 Å². The maximum atomic E-state index is 14.4. The molecule has 8 nitrogen and oxygen atoms in total. The molecule has 1 N–H and O–H groups in total. The van der Waals surface area contributed by atoms with Gasteiger partial charge in [-0.1, -0.05) is 48.5 Å². The van der Waals surface area contributed by atoms with Gasteiger partial charge in [0.25, 0.3) is 0 Å². The number of anilines is 2. The van der Waals surface area contributed by atoms with Crippen LogP contribution in [0.25, 0.3) is 4.85 Å². The summed E-state index contributed by atoms with van der Waals surface area (Å²) in [7, 11) is -3.46. The van der Waals surface area contributed by atoms with Crippen LogP contribution in [0.15, 0.2) is 109 Å². The van der Waals surface area contributed by atoms with Gasteiger partial charge in [-0.25, -0.2) is 17.7 Å². The molecule has 0 amide bonds. The van der Waals surface area contributed by atoms with Crippen molar-refractivity contribution in [3.63, 3.8) is 0 Å². The summed E-state index contributed by atoms with van der Waals surface area (Å²) in [6, 6.07) is 28.7. The topological polar surface area (TPSA) is 85.1 Å². The van der Waals surface area contributed by atoms with Gasteiger partial charge in [0.15, 0.2) is 17.3 Å². The predicted molar refractivity (Wildman–Crippen MR) is 179 cm³/mol. The second kappa shape index (κ2) is 14.6. The van der Waals surface area contributed by atoms with E-state index >= 15 is 0 Å². The molecular formula is C36H33FN4O4S. The summed E-state index contributed by atoms with van der Waals surface area (Å²) in [6.45, 7) is 10.5. The lowest BCUT2D eigenvalue weighted by Crippen LogP contribution is -2.23. The van der Waals surface area contributed by atoms with Gasteiger partial charge in [0.2, 0.25) is 10.0 Å². The highest BCUT2D eigenvalue weighted by Crippen LogP contribution is 2.32. The molecule has 0 aliphatic heterocycles. The molecule has 0 atom stereocenters. The third kappa shape index (κ3) is 8.83. The summed E-state index contributed by atoms with van der Waals surface area (Å²) in [4.78, 5) is 9.72. The van der Waals surface area contributed by atoms with E-state index in [2.05, 4.69) is 19.5 Å². The van der Waals surface area contributed by atoms with Gasteiger partial charge >= 0.3 is 0 Å². The first kappa shape index (κ1) is 32.0. The zero-order valence-corrected chi connectivity index (χ0v) is 26.3. The van der Waals surface area contributed by atoms with E-state index in [9.17, 15) is 12.8 Å². The van der Waals surface area contributed by atoms with Crippen LogP contribution in [0, 0.1) is 19.3 Å². The maximum absolute atomic E-state index is 14.4. The largest absolute Gasteiger partial charge is 0.490 e. The van der Waals surface area contributed by atoms with E-state index in [1.807, 2.05) is 67.6 Å².